The van der Waals surface area contributed by atoms with Crippen LogP contribution in [0.15, 0.2) is 12.1 Å². The average Bonchev–Trinajstić information content (AvgIpc) is 2.36. The third-order valence-corrected chi connectivity index (χ3v) is 2.63. The maximum absolute atomic E-state index is 13.5. The number of hydrogen-bond acceptors (Lipinski definition) is 3. The molecule has 0 spiro atoms. The molecule has 0 atom stereocenters. The highest BCUT2D eigenvalue weighted by atomic mass is 19.1. The molecular formula is C14H19F2NO3. The lowest BCUT2D eigenvalue weighted by Crippen LogP contribution is -2.30. The summed E-state index contributed by atoms with van der Waals surface area (Å²) in [4.78, 5) is 11.4. The fourth-order valence-electron chi connectivity index (χ4n) is 1.53. The van der Waals surface area contributed by atoms with E-state index in [0.29, 0.717) is 12.5 Å². The Morgan fingerprint density at radius 3 is 2.45 bits per heavy atom. The first kappa shape index (κ1) is 16.4. The minimum Gasteiger partial charge on any atom is -0.478 e. The van der Waals surface area contributed by atoms with E-state index in [-0.39, 0.29) is 5.56 Å². The number of benzene rings is 1. The second kappa shape index (κ2) is 7.79. The van der Waals surface area contributed by atoms with Crippen molar-refractivity contribution in [1.29, 1.82) is 0 Å². The van der Waals surface area contributed by atoms with Crippen LogP contribution in [-0.2, 0) is 11.4 Å². The van der Waals surface area contributed by atoms with Crippen LogP contribution in [0.4, 0.5) is 8.78 Å². The van der Waals surface area contributed by atoms with Gasteiger partial charge >= 0.3 is 0 Å². The number of aliphatic hydroxyl groups excluding tert-OH is 1. The third-order valence-electron chi connectivity index (χ3n) is 2.63. The van der Waals surface area contributed by atoms with E-state index in [0.717, 1.165) is 18.6 Å². The smallest absolute Gasteiger partial charge is 0.257 e. The van der Waals surface area contributed by atoms with Gasteiger partial charge in [0, 0.05) is 6.54 Å². The van der Waals surface area contributed by atoms with Crippen LogP contribution in [0.25, 0.3) is 0 Å². The van der Waals surface area contributed by atoms with E-state index in [4.69, 9.17) is 9.84 Å². The molecule has 6 heteroatoms. The number of ether oxygens (including phenoxy) is 1. The van der Waals surface area contributed by atoms with Crippen molar-refractivity contribution in [2.24, 2.45) is 5.92 Å². The highest BCUT2D eigenvalue weighted by Gasteiger charge is 2.14. The van der Waals surface area contributed by atoms with Gasteiger partial charge in [-0.05, 0) is 30.0 Å². The van der Waals surface area contributed by atoms with Crippen molar-refractivity contribution in [3.8, 4) is 5.75 Å². The lowest BCUT2D eigenvalue weighted by molar-refractivity contribution is -0.123. The maximum Gasteiger partial charge on any atom is 0.257 e. The number of hydrogen-bond donors (Lipinski definition) is 2. The molecule has 4 nitrogen and oxygen atoms in total. The molecule has 1 amide bonds. The molecule has 0 aliphatic carbocycles. The van der Waals surface area contributed by atoms with Gasteiger partial charge in [0.05, 0.1) is 6.61 Å². The quantitative estimate of drug-likeness (QED) is 0.806. The Hall–Kier alpha value is -1.69. The van der Waals surface area contributed by atoms with E-state index >= 15 is 0 Å². The minimum atomic E-state index is -0.941. The van der Waals surface area contributed by atoms with Gasteiger partial charge in [0.25, 0.3) is 5.91 Å². The van der Waals surface area contributed by atoms with Crippen LogP contribution in [0.2, 0.25) is 0 Å². The van der Waals surface area contributed by atoms with E-state index in [1.807, 2.05) is 13.8 Å². The van der Waals surface area contributed by atoms with Crippen molar-refractivity contribution in [2.75, 3.05) is 13.2 Å². The predicted octanol–water partition coefficient (Wildman–Crippen LogP) is 2.00. The summed E-state index contributed by atoms with van der Waals surface area (Å²) < 4.78 is 31.8. The highest BCUT2D eigenvalue weighted by molar-refractivity contribution is 5.77. The van der Waals surface area contributed by atoms with E-state index in [9.17, 15) is 13.6 Å². The standard InChI is InChI=1S/C14H19F2NO3/c1-9(2)3-4-17-13(19)8-20-14-11(15)5-10(7-18)6-12(14)16/h5-6,9,18H,3-4,7-8H2,1-2H3,(H,17,19). The number of rotatable bonds is 7. The van der Waals surface area contributed by atoms with Crippen LogP contribution in [-0.4, -0.2) is 24.2 Å². The molecule has 0 aromatic heterocycles. The molecule has 0 aliphatic heterocycles. The molecule has 1 aromatic rings. The van der Waals surface area contributed by atoms with Gasteiger partial charge in [0.2, 0.25) is 0 Å². The van der Waals surface area contributed by atoms with Gasteiger partial charge in [0.15, 0.2) is 24.0 Å². The van der Waals surface area contributed by atoms with Gasteiger partial charge in [-0.15, -0.1) is 0 Å². The zero-order valence-electron chi connectivity index (χ0n) is 11.6. The van der Waals surface area contributed by atoms with Crippen LogP contribution in [0, 0.1) is 17.6 Å². The second-order valence-electron chi connectivity index (χ2n) is 4.87. The minimum absolute atomic E-state index is 0.105. The molecule has 20 heavy (non-hydrogen) atoms. The van der Waals surface area contributed by atoms with Gasteiger partial charge in [-0.2, -0.15) is 0 Å². The molecule has 0 saturated carbocycles. The van der Waals surface area contributed by atoms with Gasteiger partial charge < -0.3 is 15.2 Å². The summed E-state index contributed by atoms with van der Waals surface area (Å²) in [5, 5.41) is 11.4. The monoisotopic (exact) mass is 287 g/mol. The lowest BCUT2D eigenvalue weighted by Gasteiger charge is -2.10. The molecule has 0 radical (unpaired) electrons. The molecule has 112 valence electrons. The van der Waals surface area contributed by atoms with Gasteiger partial charge in [-0.1, -0.05) is 13.8 Å². The van der Waals surface area contributed by atoms with Gasteiger partial charge in [0.1, 0.15) is 0 Å². The van der Waals surface area contributed by atoms with Crippen LogP contribution in [0.5, 0.6) is 5.75 Å². The summed E-state index contributed by atoms with van der Waals surface area (Å²) >= 11 is 0. The molecule has 0 aliphatic rings. The number of amides is 1. The Kier molecular flexibility index (Phi) is 6.38. The van der Waals surface area contributed by atoms with Gasteiger partial charge in [-0.3, -0.25) is 4.79 Å². The van der Waals surface area contributed by atoms with Crippen LogP contribution in [0.1, 0.15) is 25.8 Å². The SMILES string of the molecule is CC(C)CCNC(=O)COc1c(F)cc(CO)cc1F. The zero-order chi connectivity index (χ0) is 15.1. The first-order valence-corrected chi connectivity index (χ1v) is 6.42. The Labute approximate surface area is 116 Å². The predicted molar refractivity (Wildman–Crippen MR) is 70.2 cm³/mol. The number of carbonyl (C=O) groups is 1. The van der Waals surface area contributed by atoms with Crippen LogP contribution in [0.3, 0.4) is 0 Å². The molecule has 1 aromatic carbocycles. The van der Waals surface area contributed by atoms with Crippen molar-refractivity contribution >= 4 is 5.91 Å². The van der Waals surface area contributed by atoms with Crippen molar-refractivity contribution in [1.82, 2.24) is 5.32 Å². The largest absolute Gasteiger partial charge is 0.478 e. The number of aliphatic hydroxyl groups is 1. The van der Waals surface area contributed by atoms with E-state index in [2.05, 4.69) is 5.32 Å². The normalized spacial score (nSPS) is 10.7. The topological polar surface area (TPSA) is 58.6 Å². The fraction of sp³-hybridized carbons (Fsp3) is 0.500. The number of carbonyl (C=O) groups excluding carboxylic acids is 1. The summed E-state index contributed by atoms with van der Waals surface area (Å²) in [7, 11) is 0. The molecule has 0 bridgehead atoms. The van der Waals surface area contributed by atoms with Crippen LogP contribution >= 0.6 is 0 Å². The van der Waals surface area contributed by atoms with Crippen molar-refractivity contribution in [2.45, 2.75) is 26.9 Å². The number of nitrogens with one attached hydrogen (secondary N) is 1. The first-order valence-electron chi connectivity index (χ1n) is 6.42. The molecule has 0 saturated heterocycles. The Bertz CT molecular complexity index is 441. The van der Waals surface area contributed by atoms with Crippen molar-refractivity contribution in [3.05, 3.63) is 29.3 Å². The summed E-state index contributed by atoms with van der Waals surface area (Å²) in [5.74, 6) is -2.47. The van der Waals surface area contributed by atoms with Gasteiger partial charge in [-0.25, -0.2) is 8.78 Å². The third kappa shape index (κ3) is 5.13. The molecule has 0 heterocycles. The Morgan fingerprint density at radius 1 is 1.35 bits per heavy atom. The fourth-order valence-corrected chi connectivity index (χ4v) is 1.53. The van der Waals surface area contributed by atoms with E-state index < -0.39 is 36.5 Å². The lowest BCUT2D eigenvalue weighted by atomic mass is 10.1. The highest BCUT2D eigenvalue weighted by Crippen LogP contribution is 2.23. The molecule has 0 fully saturated rings. The van der Waals surface area contributed by atoms with Crippen molar-refractivity contribution in [3.63, 3.8) is 0 Å². The summed E-state index contributed by atoms with van der Waals surface area (Å²) in [5.41, 5.74) is 0.105. The molecule has 0 unspecified atom stereocenters. The number of halogens is 2. The summed E-state index contributed by atoms with van der Waals surface area (Å²) in [6.07, 6.45) is 0.819. The van der Waals surface area contributed by atoms with Crippen molar-refractivity contribution < 1.29 is 23.4 Å². The zero-order valence-corrected chi connectivity index (χ0v) is 11.6. The maximum atomic E-state index is 13.5. The molecule has 2 N–H and O–H groups in total. The Morgan fingerprint density at radius 2 is 1.95 bits per heavy atom. The van der Waals surface area contributed by atoms with E-state index in [1.165, 1.54) is 0 Å². The van der Waals surface area contributed by atoms with E-state index in [1.54, 1.807) is 0 Å². The summed E-state index contributed by atoms with van der Waals surface area (Å²) in [6.45, 7) is 3.62. The summed E-state index contributed by atoms with van der Waals surface area (Å²) in [6, 6.07) is 1.93. The first-order chi connectivity index (χ1) is 9.43. The average molecular weight is 287 g/mol. The molecular weight excluding hydrogens is 268 g/mol. The van der Waals surface area contributed by atoms with Crippen LogP contribution < -0.4 is 10.1 Å². The molecule has 1 rings (SSSR count). The Balaban J connectivity index is 2.51. The second-order valence-corrected chi connectivity index (χ2v) is 4.87.